The predicted octanol–water partition coefficient (Wildman–Crippen LogP) is 2.93. The number of aryl methyl sites for hydroxylation is 1. The van der Waals surface area contributed by atoms with Crippen molar-refractivity contribution in [2.75, 3.05) is 7.11 Å². The Hall–Kier alpha value is -1.35. The van der Waals surface area contributed by atoms with E-state index in [1.54, 1.807) is 7.11 Å². The average molecular weight is 204 g/mol. The summed E-state index contributed by atoms with van der Waals surface area (Å²) in [5.74, 6) is 0.856. The van der Waals surface area contributed by atoms with E-state index in [2.05, 4.69) is 10.5 Å². The highest BCUT2D eigenvalue weighted by Crippen LogP contribution is 2.31. The predicted molar refractivity (Wildman–Crippen MR) is 57.7 cm³/mol. The van der Waals surface area contributed by atoms with E-state index in [9.17, 15) is 0 Å². The number of methoxy groups -OCH3 is 1. The number of aromatic nitrogens is 1. The molecule has 3 heteroatoms. The maximum absolute atomic E-state index is 5.27. The van der Waals surface area contributed by atoms with Crippen molar-refractivity contribution in [1.82, 2.24) is 4.98 Å². The summed E-state index contributed by atoms with van der Waals surface area (Å²) < 4.78 is 5.27. The van der Waals surface area contributed by atoms with Crippen LogP contribution < -0.4 is 4.74 Å². The molecule has 0 spiro atoms. The Kier molecular flexibility index (Phi) is 2.50. The lowest BCUT2D eigenvalue weighted by Gasteiger charge is -2.05. The summed E-state index contributed by atoms with van der Waals surface area (Å²) in [6.07, 6.45) is 0. The third-order valence-corrected chi connectivity index (χ3v) is 2.73. The van der Waals surface area contributed by atoms with Gasteiger partial charge in [0.2, 0.25) is 0 Å². The van der Waals surface area contributed by atoms with Crippen LogP contribution in [0.5, 0.6) is 5.75 Å². The molecule has 1 radical (unpaired) electrons. The Morgan fingerprint density at radius 1 is 1.36 bits per heavy atom. The van der Waals surface area contributed by atoms with Crippen LogP contribution in [0.25, 0.3) is 11.3 Å². The quantitative estimate of drug-likeness (QED) is 0.750. The molecule has 0 N–H and O–H groups in total. The van der Waals surface area contributed by atoms with E-state index in [1.807, 2.05) is 31.2 Å². The Labute approximate surface area is 87.2 Å². The minimum absolute atomic E-state index is 0.856. The molecule has 0 aliphatic carbocycles. The Balaban J connectivity index is 2.56. The molecule has 2 aromatic rings. The van der Waals surface area contributed by atoms with Crippen molar-refractivity contribution in [3.05, 3.63) is 34.7 Å². The van der Waals surface area contributed by atoms with Crippen LogP contribution in [0.15, 0.2) is 24.3 Å². The highest BCUT2D eigenvalue weighted by molar-refractivity contribution is 7.09. The third-order valence-electron chi connectivity index (χ3n) is 2.05. The second-order valence-corrected chi connectivity index (χ2v) is 3.91. The Morgan fingerprint density at radius 2 is 2.14 bits per heavy atom. The lowest BCUT2D eigenvalue weighted by Crippen LogP contribution is -1.88. The van der Waals surface area contributed by atoms with Gasteiger partial charge in [0.1, 0.15) is 5.75 Å². The minimum atomic E-state index is 0.856. The molecule has 0 saturated carbocycles. The van der Waals surface area contributed by atoms with E-state index in [4.69, 9.17) is 4.74 Å². The van der Waals surface area contributed by atoms with E-state index in [0.717, 1.165) is 21.9 Å². The molecule has 0 aliphatic rings. The number of para-hydroxylation sites is 1. The number of thiazole rings is 1. The molecule has 1 heterocycles. The van der Waals surface area contributed by atoms with Crippen LogP contribution in [0.1, 0.15) is 4.88 Å². The van der Waals surface area contributed by atoms with Crippen molar-refractivity contribution in [1.29, 1.82) is 0 Å². The normalized spacial score (nSPS) is 10.1. The maximum Gasteiger partial charge on any atom is 0.153 e. The standard InChI is InChI=1S/C11H10NOS/c1-8-11(12-7-14-8)9-5-3-4-6-10(9)13-2/h3-6H,1-2H3. The molecule has 71 valence electrons. The monoisotopic (exact) mass is 204 g/mol. The van der Waals surface area contributed by atoms with Gasteiger partial charge in [-0.15, -0.1) is 11.3 Å². The zero-order chi connectivity index (χ0) is 9.97. The third kappa shape index (κ3) is 1.51. The van der Waals surface area contributed by atoms with Crippen LogP contribution in [-0.4, -0.2) is 12.1 Å². The lowest BCUT2D eigenvalue weighted by molar-refractivity contribution is 0.416. The second-order valence-electron chi connectivity index (χ2n) is 2.91. The van der Waals surface area contributed by atoms with Gasteiger partial charge in [-0.1, -0.05) is 12.1 Å². The van der Waals surface area contributed by atoms with E-state index in [1.165, 1.54) is 11.3 Å². The van der Waals surface area contributed by atoms with E-state index in [0.29, 0.717) is 0 Å². The van der Waals surface area contributed by atoms with Crippen molar-refractivity contribution in [2.45, 2.75) is 6.92 Å². The Morgan fingerprint density at radius 3 is 2.79 bits per heavy atom. The largest absolute Gasteiger partial charge is 0.496 e. The molecular weight excluding hydrogens is 194 g/mol. The van der Waals surface area contributed by atoms with Crippen LogP contribution in [0.2, 0.25) is 0 Å². The molecular formula is C11H10NOS. The van der Waals surface area contributed by atoms with Crippen molar-refractivity contribution in [2.24, 2.45) is 0 Å². The SMILES string of the molecule is COc1ccccc1-c1n[c]sc1C. The van der Waals surface area contributed by atoms with Crippen molar-refractivity contribution in [3.8, 4) is 17.0 Å². The summed E-state index contributed by atoms with van der Waals surface area (Å²) in [5.41, 5.74) is 4.88. The van der Waals surface area contributed by atoms with Crippen LogP contribution in [-0.2, 0) is 0 Å². The first-order valence-electron chi connectivity index (χ1n) is 4.30. The molecule has 0 unspecified atom stereocenters. The fraction of sp³-hybridized carbons (Fsp3) is 0.182. The lowest BCUT2D eigenvalue weighted by atomic mass is 10.1. The van der Waals surface area contributed by atoms with Gasteiger partial charge >= 0.3 is 0 Å². The smallest absolute Gasteiger partial charge is 0.153 e. The second kappa shape index (κ2) is 3.80. The molecule has 0 atom stereocenters. The zero-order valence-electron chi connectivity index (χ0n) is 8.07. The molecule has 0 saturated heterocycles. The van der Waals surface area contributed by atoms with Gasteiger partial charge in [-0.05, 0) is 19.1 Å². The van der Waals surface area contributed by atoms with E-state index < -0.39 is 0 Å². The molecule has 0 amide bonds. The number of hydrogen-bond donors (Lipinski definition) is 0. The molecule has 0 bridgehead atoms. The summed E-state index contributed by atoms with van der Waals surface area (Å²) in [5, 5.41) is 0. The van der Waals surface area contributed by atoms with Gasteiger partial charge in [-0.2, -0.15) is 0 Å². The maximum atomic E-state index is 5.27. The average Bonchev–Trinajstić information content (AvgIpc) is 2.64. The van der Waals surface area contributed by atoms with Crippen molar-refractivity contribution < 1.29 is 4.74 Å². The molecule has 2 nitrogen and oxygen atoms in total. The number of hydrogen-bond acceptors (Lipinski definition) is 3. The van der Waals surface area contributed by atoms with Gasteiger partial charge in [0, 0.05) is 10.4 Å². The highest BCUT2D eigenvalue weighted by atomic mass is 32.1. The first-order valence-corrected chi connectivity index (χ1v) is 5.11. The van der Waals surface area contributed by atoms with Gasteiger partial charge < -0.3 is 4.74 Å². The number of benzene rings is 1. The molecule has 0 aliphatic heterocycles. The topological polar surface area (TPSA) is 22.1 Å². The van der Waals surface area contributed by atoms with Crippen LogP contribution >= 0.6 is 11.3 Å². The van der Waals surface area contributed by atoms with Gasteiger partial charge in [0.25, 0.3) is 0 Å². The molecule has 14 heavy (non-hydrogen) atoms. The summed E-state index contributed by atoms with van der Waals surface area (Å²) in [4.78, 5) is 5.37. The Bertz CT molecular complexity index is 436. The van der Waals surface area contributed by atoms with Crippen LogP contribution in [0, 0.1) is 12.4 Å². The van der Waals surface area contributed by atoms with E-state index in [-0.39, 0.29) is 0 Å². The molecule has 0 fully saturated rings. The summed E-state index contributed by atoms with van der Waals surface area (Å²) in [7, 11) is 1.67. The van der Waals surface area contributed by atoms with Crippen molar-refractivity contribution >= 4 is 11.3 Å². The number of nitrogens with zero attached hydrogens (tertiary/aromatic N) is 1. The fourth-order valence-electron chi connectivity index (χ4n) is 1.35. The number of ether oxygens (including phenoxy) is 1. The van der Waals surface area contributed by atoms with Gasteiger partial charge in [-0.25, -0.2) is 4.98 Å². The highest BCUT2D eigenvalue weighted by Gasteiger charge is 2.09. The van der Waals surface area contributed by atoms with Crippen LogP contribution in [0.3, 0.4) is 0 Å². The number of rotatable bonds is 2. The van der Waals surface area contributed by atoms with Crippen LogP contribution in [0.4, 0.5) is 0 Å². The zero-order valence-corrected chi connectivity index (χ0v) is 8.89. The van der Waals surface area contributed by atoms with Gasteiger partial charge in [-0.3, -0.25) is 0 Å². The first-order chi connectivity index (χ1) is 6.83. The molecule has 2 rings (SSSR count). The first kappa shape index (κ1) is 9.21. The summed E-state index contributed by atoms with van der Waals surface area (Å²) in [6, 6.07) is 7.88. The van der Waals surface area contributed by atoms with Crippen molar-refractivity contribution in [3.63, 3.8) is 0 Å². The van der Waals surface area contributed by atoms with E-state index >= 15 is 0 Å². The molecule has 1 aromatic heterocycles. The fourth-order valence-corrected chi connectivity index (χ4v) is 1.88. The summed E-state index contributed by atoms with van der Waals surface area (Å²) >= 11 is 1.53. The minimum Gasteiger partial charge on any atom is -0.496 e. The van der Waals surface area contributed by atoms with Gasteiger partial charge in [0.15, 0.2) is 5.51 Å². The molecule has 1 aromatic carbocycles. The van der Waals surface area contributed by atoms with Gasteiger partial charge in [0.05, 0.1) is 12.8 Å². The summed E-state index contributed by atoms with van der Waals surface area (Å²) in [6.45, 7) is 2.04.